The molecule has 1 heterocycles. The highest BCUT2D eigenvalue weighted by molar-refractivity contribution is 6.34. The number of rotatable bonds is 4. The second-order valence-electron chi connectivity index (χ2n) is 6.46. The lowest BCUT2D eigenvalue weighted by atomic mass is 9.97. The molecule has 0 radical (unpaired) electrons. The molecule has 0 atom stereocenters. The Morgan fingerprint density at radius 3 is 2.11 bits per heavy atom. The summed E-state index contributed by atoms with van der Waals surface area (Å²) < 4.78 is 31.4. The van der Waals surface area contributed by atoms with Gasteiger partial charge in [0.25, 0.3) is 5.56 Å². The zero-order valence-electron chi connectivity index (χ0n) is 15.6. The van der Waals surface area contributed by atoms with Crippen molar-refractivity contribution >= 4 is 28.9 Å². The first-order chi connectivity index (χ1) is 13.3. The molecule has 0 spiro atoms. The van der Waals surface area contributed by atoms with Crippen LogP contribution in [0.25, 0.3) is 22.4 Å². The smallest absolute Gasteiger partial charge is 0.269 e. The molecule has 7 heteroatoms. The second kappa shape index (κ2) is 7.94. The lowest BCUT2D eigenvalue weighted by Crippen LogP contribution is -2.23. The lowest BCUT2D eigenvalue weighted by molar-refractivity contribution is 0.584. The van der Waals surface area contributed by atoms with E-state index in [1.165, 1.54) is 22.8 Å². The molecule has 3 rings (SSSR count). The SMILES string of the molecule is CCn1c(-c2c(F)cc(N(C)C)cc2F)c(-c2ccccc2Cl)cc(Cl)c1=O. The molecule has 0 saturated carbocycles. The second-order valence-corrected chi connectivity index (χ2v) is 7.28. The fourth-order valence-electron chi connectivity index (χ4n) is 3.13. The highest BCUT2D eigenvalue weighted by Crippen LogP contribution is 2.39. The fourth-order valence-corrected chi connectivity index (χ4v) is 3.58. The summed E-state index contributed by atoms with van der Waals surface area (Å²) in [5.41, 5.74) is 0.565. The molecule has 2 aromatic carbocycles. The minimum absolute atomic E-state index is 0.0498. The first-order valence-electron chi connectivity index (χ1n) is 8.61. The molecule has 28 heavy (non-hydrogen) atoms. The zero-order valence-corrected chi connectivity index (χ0v) is 17.1. The molecule has 0 aliphatic rings. The van der Waals surface area contributed by atoms with Gasteiger partial charge in [-0.05, 0) is 31.2 Å². The number of anilines is 1. The fraction of sp³-hybridized carbons (Fsp3) is 0.190. The maximum atomic E-state index is 15.1. The van der Waals surface area contributed by atoms with Gasteiger partial charge in [0.15, 0.2) is 0 Å². The van der Waals surface area contributed by atoms with Crippen LogP contribution in [-0.4, -0.2) is 18.7 Å². The molecule has 0 aliphatic heterocycles. The van der Waals surface area contributed by atoms with E-state index in [1.54, 1.807) is 50.2 Å². The molecule has 0 aliphatic carbocycles. The average Bonchev–Trinajstić information content (AvgIpc) is 2.64. The van der Waals surface area contributed by atoms with Crippen LogP contribution in [0.2, 0.25) is 10.0 Å². The summed E-state index contributed by atoms with van der Waals surface area (Å²) in [6, 6.07) is 10.7. The van der Waals surface area contributed by atoms with Crippen molar-refractivity contribution in [3.8, 4) is 22.4 Å². The molecule has 3 nitrogen and oxygen atoms in total. The maximum absolute atomic E-state index is 15.1. The summed E-state index contributed by atoms with van der Waals surface area (Å²) in [7, 11) is 3.38. The van der Waals surface area contributed by atoms with Crippen molar-refractivity contribution in [2.75, 3.05) is 19.0 Å². The summed E-state index contributed by atoms with van der Waals surface area (Å²) in [6.45, 7) is 1.89. The molecule has 0 fully saturated rings. The van der Waals surface area contributed by atoms with E-state index in [9.17, 15) is 4.79 Å². The molecule has 1 aromatic heterocycles. The van der Waals surface area contributed by atoms with Crippen molar-refractivity contribution in [3.05, 3.63) is 74.5 Å². The molecule has 0 N–H and O–H groups in total. The standard InChI is InChI=1S/C21H18Cl2F2N2O/c1-4-27-20(19-17(24)9-12(26(2)3)10-18(19)25)14(11-16(23)21(27)28)13-7-5-6-8-15(13)22/h5-11H,4H2,1-3H3. The molecular formula is C21H18Cl2F2N2O. The third-order valence-electron chi connectivity index (χ3n) is 4.51. The topological polar surface area (TPSA) is 25.2 Å². The Kier molecular flexibility index (Phi) is 5.77. The minimum atomic E-state index is -0.777. The van der Waals surface area contributed by atoms with Gasteiger partial charge in [0.1, 0.15) is 16.7 Å². The summed E-state index contributed by atoms with van der Waals surface area (Å²) >= 11 is 12.5. The van der Waals surface area contributed by atoms with E-state index in [0.717, 1.165) is 0 Å². The van der Waals surface area contributed by atoms with Crippen molar-refractivity contribution in [2.45, 2.75) is 13.5 Å². The number of halogens is 4. The number of benzene rings is 2. The van der Waals surface area contributed by atoms with E-state index in [0.29, 0.717) is 21.8 Å². The summed E-state index contributed by atoms with van der Waals surface area (Å²) in [5, 5.41) is 0.332. The van der Waals surface area contributed by atoms with Crippen LogP contribution in [0.4, 0.5) is 14.5 Å². The van der Waals surface area contributed by atoms with Crippen molar-refractivity contribution < 1.29 is 8.78 Å². The van der Waals surface area contributed by atoms with Gasteiger partial charge in [0, 0.05) is 42.5 Å². The number of pyridine rings is 1. The lowest BCUT2D eigenvalue weighted by Gasteiger charge is -2.20. The Balaban J connectivity index is 2.46. The van der Waals surface area contributed by atoms with Crippen molar-refractivity contribution in [3.63, 3.8) is 0 Å². The molecule has 0 saturated heterocycles. The first kappa shape index (κ1) is 20.4. The summed E-state index contributed by atoms with van der Waals surface area (Å²) in [6.07, 6.45) is 0. The van der Waals surface area contributed by atoms with Gasteiger partial charge in [-0.25, -0.2) is 8.78 Å². The molecular weight excluding hydrogens is 405 g/mol. The predicted molar refractivity (Wildman–Crippen MR) is 112 cm³/mol. The van der Waals surface area contributed by atoms with Crippen molar-refractivity contribution in [2.24, 2.45) is 0 Å². The van der Waals surface area contributed by atoms with E-state index in [2.05, 4.69) is 0 Å². The third kappa shape index (κ3) is 3.52. The maximum Gasteiger partial charge on any atom is 0.269 e. The van der Waals surface area contributed by atoms with Crippen LogP contribution in [-0.2, 0) is 6.54 Å². The molecule has 3 aromatic rings. The van der Waals surface area contributed by atoms with Crippen LogP contribution in [0.3, 0.4) is 0 Å². The van der Waals surface area contributed by atoms with Crippen LogP contribution in [0.5, 0.6) is 0 Å². The number of hydrogen-bond donors (Lipinski definition) is 0. The van der Waals surface area contributed by atoms with Crippen LogP contribution >= 0.6 is 23.2 Å². The van der Waals surface area contributed by atoms with Crippen molar-refractivity contribution in [1.82, 2.24) is 4.57 Å². The van der Waals surface area contributed by atoms with Crippen LogP contribution in [0.15, 0.2) is 47.3 Å². The number of aromatic nitrogens is 1. The van der Waals surface area contributed by atoms with E-state index in [1.807, 2.05) is 0 Å². The molecule has 0 bridgehead atoms. The summed E-state index contributed by atoms with van der Waals surface area (Å²) in [4.78, 5) is 14.2. The van der Waals surface area contributed by atoms with Gasteiger partial charge in [-0.15, -0.1) is 0 Å². The Bertz CT molecular complexity index is 1090. The van der Waals surface area contributed by atoms with Gasteiger partial charge in [0.2, 0.25) is 0 Å². The van der Waals surface area contributed by atoms with Gasteiger partial charge in [0.05, 0.1) is 11.3 Å². The third-order valence-corrected chi connectivity index (χ3v) is 5.11. The molecule has 0 amide bonds. The van der Waals surface area contributed by atoms with Gasteiger partial charge in [-0.1, -0.05) is 41.4 Å². The highest BCUT2D eigenvalue weighted by atomic mass is 35.5. The monoisotopic (exact) mass is 422 g/mol. The Morgan fingerprint density at radius 1 is 0.964 bits per heavy atom. The van der Waals surface area contributed by atoms with Crippen LogP contribution in [0, 0.1) is 11.6 Å². The number of nitrogens with zero attached hydrogens (tertiary/aromatic N) is 2. The molecule has 146 valence electrons. The summed E-state index contributed by atoms with van der Waals surface area (Å²) in [5.74, 6) is -1.55. The van der Waals surface area contributed by atoms with Gasteiger partial charge in [-0.2, -0.15) is 0 Å². The van der Waals surface area contributed by atoms with Crippen LogP contribution in [0.1, 0.15) is 6.92 Å². The van der Waals surface area contributed by atoms with Gasteiger partial charge < -0.3 is 9.47 Å². The number of hydrogen-bond acceptors (Lipinski definition) is 2. The van der Waals surface area contributed by atoms with E-state index >= 15 is 8.78 Å². The highest BCUT2D eigenvalue weighted by Gasteiger charge is 2.24. The van der Waals surface area contributed by atoms with E-state index in [4.69, 9.17) is 23.2 Å². The predicted octanol–water partition coefficient (Wildman–Crippen LogP) is 5.85. The van der Waals surface area contributed by atoms with E-state index < -0.39 is 17.2 Å². The Morgan fingerprint density at radius 2 is 1.57 bits per heavy atom. The largest absolute Gasteiger partial charge is 0.377 e. The normalized spacial score (nSPS) is 11.0. The first-order valence-corrected chi connectivity index (χ1v) is 9.36. The average molecular weight is 423 g/mol. The van der Waals surface area contributed by atoms with Gasteiger partial charge >= 0.3 is 0 Å². The quantitative estimate of drug-likeness (QED) is 0.526. The van der Waals surface area contributed by atoms with Crippen molar-refractivity contribution in [1.29, 1.82) is 0 Å². The Hall–Kier alpha value is -2.37. The van der Waals surface area contributed by atoms with Gasteiger partial charge in [-0.3, -0.25) is 4.79 Å². The van der Waals surface area contributed by atoms with Crippen LogP contribution < -0.4 is 10.5 Å². The Labute approximate surface area is 171 Å². The molecule has 0 unspecified atom stereocenters. The minimum Gasteiger partial charge on any atom is -0.377 e. The zero-order chi connectivity index (χ0) is 20.6. The van der Waals surface area contributed by atoms with E-state index in [-0.39, 0.29) is 22.8 Å².